The van der Waals surface area contributed by atoms with Crippen LogP contribution in [0.25, 0.3) is 0 Å². The number of phenols is 1. The number of aromatic hydroxyl groups is 1. The maximum atomic E-state index is 11.9. The molecule has 22 heavy (non-hydrogen) atoms. The third kappa shape index (κ3) is 4.25. The number of carbonyl (C=O) groups is 1. The molecular formula is C16H22INO4. The largest absolute Gasteiger partial charge is 0.504 e. The minimum Gasteiger partial charge on any atom is -0.504 e. The van der Waals surface area contributed by atoms with Gasteiger partial charge in [0.25, 0.3) is 0 Å². The van der Waals surface area contributed by atoms with Gasteiger partial charge in [-0.1, -0.05) is 0 Å². The van der Waals surface area contributed by atoms with Gasteiger partial charge in [0.1, 0.15) is 0 Å². The lowest BCUT2D eigenvalue weighted by molar-refractivity contribution is -0.150. The molecule has 1 heterocycles. The standard InChI is InChI=1S/C16H22INO4/c1-3-22-16(20)12-5-4-6-18(10-12)9-11-7-13(17)15(19)14(8-11)21-2/h7-8,12,19H,3-6,9-10H2,1-2H3/t12-/m0/s1. The number of likely N-dealkylation sites (tertiary alicyclic amines) is 1. The predicted molar refractivity (Wildman–Crippen MR) is 92.0 cm³/mol. The Kier molecular flexibility index (Phi) is 6.31. The van der Waals surface area contributed by atoms with Gasteiger partial charge in [0.2, 0.25) is 0 Å². The highest BCUT2D eigenvalue weighted by molar-refractivity contribution is 14.1. The lowest BCUT2D eigenvalue weighted by Crippen LogP contribution is -2.38. The van der Waals surface area contributed by atoms with E-state index in [9.17, 15) is 9.90 Å². The van der Waals surface area contributed by atoms with Crippen LogP contribution >= 0.6 is 22.6 Å². The molecule has 5 nitrogen and oxygen atoms in total. The fourth-order valence-corrected chi connectivity index (χ4v) is 3.45. The van der Waals surface area contributed by atoms with Gasteiger partial charge in [0.05, 0.1) is 23.2 Å². The number of benzene rings is 1. The molecule has 0 aromatic heterocycles. The summed E-state index contributed by atoms with van der Waals surface area (Å²) in [4.78, 5) is 14.1. The summed E-state index contributed by atoms with van der Waals surface area (Å²) in [5.74, 6) is 0.535. The highest BCUT2D eigenvalue weighted by atomic mass is 127. The van der Waals surface area contributed by atoms with Gasteiger partial charge in [-0.2, -0.15) is 0 Å². The summed E-state index contributed by atoms with van der Waals surface area (Å²) in [6.07, 6.45) is 1.89. The van der Waals surface area contributed by atoms with Crippen LogP contribution in [-0.4, -0.2) is 42.8 Å². The lowest BCUT2D eigenvalue weighted by atomic mass is 9.97. The zero-order valence-electron chi connectivity index (χ0n) is 13.0. The third-order valence-corrected chi connectivity index (χ3v) is 4.66. The SMILES string of the molecule is CCOC(=O)[C@H]1CCCN(Cc2cc(I)c(O)c(OC)c2)C1. The van der Waals surface area contributed by atoms with Crippen LogP contribution in [0.1, 0.15) is 25.3 Å². The summed E-state index contributed by atoms with van der Waals surface area (Å²) in [5, 5.41) is 9.89. The van der Waals surface area contributed by atoms with Crippen LogP contribution < -0.4 is 4.74 Å². The number of esters is 1. The first-order valence-electron chi connectivity index (χ1n) is 7.49. The van der Waals surface area contributed by atoms with E-state index in [1.54, 1.807) is 7.11 Å². The van der Waals surface area contributed by atoms with E-state index in [1.165, 1.54) is 0 Å². The second kappa shape index (κ2) is 8.01. The monoisotopic (exact) mass is 419 g/mol. The Balaban J connectivity index is 2.04. The maximum Gasteiger partial charge on any atom is 0.310 e. The quantitative estimate of drug-likeness (QED) is 0.588. The van der Waals surface area contributed by atoms with E-state index in [1.807, 2.05) is 19.1 Å². The van der Waals surface area contributed by atoms with Crippen LogP contribution in [-0.2, 0) is 16.1 Å². The normalized spacial score (nSPS) is 19.0. The molecule has 1 aliphatic heterocycles. The molecule has 1 aliphatic rings. The first-order valence-corrected chi connectivity index (χ1v) is 8.57. The van der Waals surface area contributed by atoms with Crippen LogP contribution in [0.5, 0.6) is 11.5 Å². The average Bonchev–Trinajstić information content (AvgIpc) is 2.51. The van der Waals surface area contributed by atoms with Gasteiger partial charge < -0.3 is 14.6 Å². The summed E-state index contributed by atoms with van der Waals surface area (Å²) in [6.45, 7) is 4.70. The highest BCUT2D eigenvalue weighted by Crippen LogP contribution is 2.33. The van der Waals surface area contributed by atoms with Crippen molar-refractivity contribution in [2.75, 3.05) is 26.8 Å². The molecule has 1 N–H and O–H groups in total. The highest BCUT2D eigenvalue weighted by Gasteiger charge is 2.27. The zero-order valence-corrected chi connectivity index (χ0v) is 15.1. The van der Waals surface area contributed by atoms with Crippen LogP contribution in [0.3, 0.4) is 0 Å². The number of hydrogen-bond donors (Lipinski definition) is 1. The van der Waals surface area contributed by atoms with Crippen molar-refractivity contribution in [3.8, 4) is 11.5 Å². The van der Waals surface area contributed by atoms with E-state index in [0.717, 1.165) is 41.6 Å². The molecule has 6 heteroatoms. The smallest absolute Gasteiger partial charge is 0.310 e. The van der Waals surface area contributed by atoms with Crippen molar-refractivity contribution < 1.29 is 19.4 Å². The molecule has 0 radical (unpaired) electrons. The fraction of sp³-hybridized carbons (Fsp3) is 0.562. The molecule has 0 unspecified atom stereocenters. The van der Waals surface area contributed by atoms with Gasteiger partial charge in [-0.3, -0.25) is 9.69 Å². The summed E-state index contributed by atoms with van der Waals surface area (Å²) >= 11 is 2.10. The molecule has 1 saturated heterocycles. The molecule has 1 aromatic rings. The maximum absolute atomic E-state index is 11.9. The summed E-state index contributed by atoms with van der Waals surface area (Å²) in [5.41, 5.74) is 1.07. The van der Waals surface area contributed by atoms with Gasteiger partial charge in [-0.25, -0.2) is 0 Å². The minimum atomic E-state index is -0.0925. The van der Waals surface area contributed by atoms with Gasteiger partial charge in [-0.15, -0.1) is 0 Å². The summed E-state index contributed by atoms with van der Waals surface area (Å²) < 4.78 is 11.1. The number of phenolic OH excluding ortho intramolecular Hbond substituents is 1. The third-order valence-electron chi connectivity index (χ3n) is 3.84. The van der Waals surface area contributed by atoms with E-state index in [-0.39, 0.29) is 17.6 Å². The molecule has 0 aliphatic carbocycles. The number of carbonyl (C=O) groups excluding carboxylic acids is 1. The minimum absolute atomic E-state index is 0.0354. The van der Waals surface area contributed by atoms with Crippen LogP contribution in [0, 0.1) is 9.49 Å². The van der Waals surface area contributed by atoms with Gasteiger partial charge in [0.15, 0.2) is 11.5 Å². The number of methoxy groups -OCH3 is 1. The van der Waals surface area contributed by atoms with Gasteiger partial charge in [0, 0.05) is 13.1 Å². The van der Waals surface area contributed by atoms with Crippen molar-refractivity contribution in [3.63, 3.8) is 0 Å². The Bertz CT molecular complexity index is 535. The molecular weight excluding hydrogens is 397 g/mol. The summed E-state index contributed by atoms with van der Waals surface area (Å²) in [7, 11) is 1.55. The van der Waals surface area contributed by atoms with Crippen molar-refractivity contribution in [2.45, 2.75) is 26.3 Å². The number of ether oxygens (including phenoxy) is 2. The average molecular weight is 419 g/mol. The molecule has 0 saturated carbocycles. The molecule has 1 fully saturated rings. The number of nitrogens with zero attached hydrogens (tertiary/aromatic N) is 1. The van der Waals surface area contributed by atoms with E-state index in [0.29, 0.717) is 12.4 Å². The Morgan fingerprint density at radius 3 is 2.95 bits per heavy atom. The van der Waals surface area contributed by atoms with Crippen LogP contribution in [0.2, 0.25) is 0 Å². The van der Waals surface area contributed by atoms with Gasteiger partial charge in [-0.05, 0) is 66.6 Å². The molecule has 0 amide bonds. The van der Waals surface area contributed by atoms with Crippen molar-refractivity contribution in [1.29, 1.82) is 0 Å². The van der Waals surface area contributed by atoms with E-state index < -0.39 is 0 Å². The predicted octanol–water partition coefficient (Wildman–Crippen LogP) is 2.78. The molecule has 2 rings (SSSR count). The van der Waals surface area contributed by atoms with Crippen LogP contribution in [0.4, 0.5) is 0 Å². The van der Waals surface area contributed by atoms with Crippen LogP contribution in [0.15, 0.2) is 12.1 Å². The van der Waals surface area contributed by atoms with Crippen molar-refractivity contribution in [1.82, 2.24) is 4.90 Å². The Labute approximate surface area is 144 Å². The van der Waals surface area contributed by atoms with E-state index in [2.05, 4.69) is 27.5 Å². The molecule has 122 valence electrons. The second-order valence-electron chi connectivity index (χ2n) is 5.45. The van der Waals surface area contributed by atoms with Gasteiger partial charge >= 0.3 is 5.97 Å². The Morgan fingerprint density at radius 1 is 1.50 bits per heavy atom. The number of halogens is 1. The number of rotatable bonds is 5. The summed E-state index contributed by atoms with van der Waals surface area (Å²) in [6, 6.07) is 3.80. The van der Waals surface area contributed by atoms with E-state index >= 15 is 0 Å². The Hall–Kier alpha value is -1.02. The molecule has 0 bridgehead atoms. The lowest BCUT2D eigenvalue weighted by Gasteiger charge is -2.31. The second-order valence-corrected chi connectivity index (χ2v) is 6.62. The topological polar surface area (TPSA) is 59.0 Å². The zero-order chi connectivity index (χ0) is 16.1. The fourth-order valence-electron chi connectivity index (χ4n) is 2.78. The molecule has 1 atom stereocenters. The van der Waals surface area contributed by atoms with Crippen molar-refractivity contribution in [2.24, 2.45) is 5.92 Å². The van der Waals surface area contributed by atoms with E-state index in [4.69, 9.17) is 9.47 Å². The van der Waals surface area contributed by atoms with Crippen molar-refractivity contribution in [3.05, 3.63) is 21.3 Å². The first kappa shape index (κ1) is 17.3. The first-order chi connectivity index (χ1) is 10.5. The molecule has 0 spiro atoms. The number of piperidine rings is 1. The number of hydrogen-bond acceptors (Lipinski definition) is 5. The van der Waals surface area contributed by atoms with Crippen molar-refractivity contribution >= 4 is 28.6 Å². The Morgan fingerprint density at radius 2 is 2.27 bits per heavy atom. The molecule has 1 aromatic carbocycles.